The highest BCUT2D eigenvalue weighted by molar-refractivity contribution is 6.05. The van der Waals surface area contributed by atoms with Crippen LogP contribution in [0.4, 0.5) is 17.1 Å². The minimum Gasteiger partial charge on any atom is -0.494 e. The Hall–Kier alpha value is -4.60. The Labute approximate surface area is 195 Å². The van der Waals surface area contributed by atoms with Gasteiger partial charge in [-0.1, -0.05) is 18.2 Å². The minimum atomic E-state index is -0.505. The number of aryl methyl sites for hydroxylation is 1. The fourth-order valence-corrected chi connectivity index (χ4v) is 3.12. The van der Waals surface area contributed by atoms with Gasteiger partial charge in [0.05, 0.1) is 30.5 Å². The molecule has 0 aliphatic rings. The summed E-state index contributed by atoms with van der Waals surface area (Å²) in [6.07, 6.45) is 0. The van der Waals surface area contributed by atoms with Crippen LogP contribution in [-0.4, -0.2) is 37.6 Å². The molecule has 2 amide bonds. The first kappa shape index (κ1) is 24.1. The van der Waals surface area contributed by atoms with Crippen LogP contribution in [0.2, 0.25) is 0 Å². The van der Waals surface area contributed by atoms with E-state index in [4.69, 9.17) is 14.2 Å². The van der Waals surface area contributed by atoms with Gasteiger partial charge in [-0.25, -0.2) is 0 Å². The summed E-state index contributed by atoms with van der Waals surface area (Å²) in [6.45, 7) is 1.31. The van der Waals surface area contributed by atoms with Crippen LogP contribution in [0.3, 0.4) is 0 Å². The molecule has 0 aromatic heterocycles. The van der Waals surface area contributed by atoms with Crippen LogP contribution in [0.25, 0.3) is 0 Å². The molecule has 0 bridgehead atoms. The highest BCUT2D eigenvalue weighted by atomic mass is 16.6. The molecule has 34 heavy (non-hydrogen) atoms. The number of rotatable bonds is 9. The van der Waals surface area contributed by atoms with E-state index in [9.17, 15) is 19.7 Å². The zero-order valence-corrected chi connectivity index (χ0v) is 18.8. The maximum absolute atomic E-state index is 12.5. The first-order chi connectivity index (χ1) is 16.3. The van der Waals surface area contributed by atoms with E-state index < -0.39 is 10.8 Å². The highest BCUT2D eigenvalue weighted by Crippen LogP contribution is 2.36. The van der Waals surface area contributed by atoms with Gasteiger partial charge in [0.15, 0.2) is 6.61 Å². The number of non-ortho nitro benzene ring substituents is 1. The van der Waals surface area contributed by atoms with Crippen LogP contribution in [0.1, 0.15) is 15.9 Å². The van der Waals surface area contributed by atoms with E-state index in [-0.39, 0.29) is 18.2 Å². The predicted octanol–water partition coefficient (Wildman–Crippen LogP) is 4.19. The van der Waals surface area contributed by atoms with Crippen LogP contribution in [0.15, 0.2) is 60.7 Å². The second kappa shape index (κ2) is 10.8. The topological polar surface area (TPSA) is 129 Å². The second-order valence-electron chi connectivity index (χ2n) is 7.12. The molecule has 0 unspecified atom stereocenters. The van der Waals surface area contributed by atoms with Crippen LogP contribution in [0, 0.1) is 17.0 Å². The monoisotopic (exact) mass is 465 g/mol. The van der Waals surface area contributed by atoms with Gasteiger partial charge in [0.2, 0.25) is 0 Å². The van der Waals surface area contributed by atoms with Gasteiger partial charge in [0.1, 0.15) is 17.2 Å². The standard InChI is InChI=1S/C24H23N3O7/c1-15-11-17(27(30)31)9-10-20(15)34-14-23(28)25-18-12-22(33-3)19(13-21(18)32-2)26-24(29)16-7-5-4-6-8-16/h4-13H,14H2,1-3H3,(H,25,28)(H,26,29). The van der Waals surface area contributed by atoms with Gasteiger partial charge in [-0.2, -0.15) is 0 Å². The molecule has 3 rings (SSSR count). The van der Waals surface area contributed by atoms with Crippen molar-refractivity contribution in [2.45, 2.75) is 6.92 Å². The van der Waals surface area contributed by atoms with Crippen LogP contribution < -0.4 is 24.8 Å². The summed E-state index contributed by atoms with van der Waals surface area (Å²) in [5.41, 5.74) is 1.61. The van der Waals surface area contributed by atoms with Crippen molar-refractivity contribution in [3.63, 3.8) is 0 Å². The number of amides is 2. The summed E-state index contributed by atoms with van der Waals surface area (Å²) < 4.78 is 16.2. The zero-order valence-electron chi connectivity index (χ0n) is 18.8. The lowest BCUT2D eigenvalue weighted by Gasteiger charge is -2.16. The molecular formula is C24H23N3O7. The van der Waals surface area contributed by atoms with Crippen LogP contribution >= 0.6 is 0 Å². The summed E-state index contributed by atoms with van der Waals surface area (Å²) in [4.78, 5) is 35.3. The third kappa shape index (κ3) is 5.80. The molecule has 3 aromatic rings. The Morgan fingerprint density at radius 1 is 0.882 bits per heavy atom. The van der Waals surface area contributed by atoms with Gasteiger partial charge in [0, 0.05) is 29.8 Å². The summed E-state index contributed by atoms with van der Waals surface area (Å²) >= 11 is 0. The van der Waals surface area contributed by atoms with Gasteiger partial charge in [-0.05, 0) is 30.7 Å². The van der Waals surface area contributed by atoms with E-state index in [1.165, 1.54) is 44.6 Å². The fourth-order valence-electron chi connectivity index (χ4n) is 3.12. The Balaban J connectivity index is 1.72. The molecule has 0 aliphatic heterocycles. The summed E-state index contributed by atoms with van der Waals surface area (Å²) in [5.74, 6) is 0.143. The third-order valence-corrected chi connectivity index (χ3v) is 4.81. The largest absolute Gasteiger partial charge is 0.494 e. The lowest BCUT2D eigenvalue weighted by atomic mass is 10.2. The summed E-state index contributed by atoms with van der Waals surface area (Å²) in [6, 6.07) is 15.8. The van der Waals surface area contributed by atoms with Crippen molar-refractivity contribution in [1.29, 1.82) is 0 Å². The molecule has 0 heterocycles. The van der Waals surface area contributed by atoms with Crippen molar-refractivity contribution in [2.75, 3.05) is 31.5 Å². The second-order valence-corrected chi connectivity index (χ2v) is 7.12. The SMILES string of the molecule is COc1cc(NC(=O)c2ccccc2)c(OC)cc1NC(=O)COc1ccc([N+](=O)[O-])cc1C. The molecule has 0 saturated heterocycles. The molecule has 0 atom stereocenters. The van der Waals surface area contributed by atoms with Crippen molar-refractivity contribution in [3.8, 4) is 17.2 Å². The van der Waals surface area contributed by atoms with Gasteiger partial charge < -0.3 is 24.8 Å². The van der Waals surface area contributed by atoms with E-state index >= 15 is 0 Å². The number of nitrogens with zero attached hydrogens (tertiary/aromatic N) is 1. The number of methoxy groups -OCH3 is 2. The summed E-state index contributed by atoms with van der Waals surface area (Å²) in [7, 11) is 2.86. The first-order valence-electron chi connectivity index (χ1n) is 10.1. The smallest absolute Gasteiger partial charge is 0.269 e. The number of nitrogens with one attached hydrogen (secondary N) is 2. The maximum Gasteiger partial charge on any atom is 0.269 e. The highest BCUT2D eigenvalue weighted by Gasteiger charge is 2.17. The van der Waals surface area contributed by atoms with Crippen LogP contribution in [0.5, 0.6) is 17.2 Å². The van der Waals surface area contributed by atoms with Crippen molar-refractivity contribution in [2.24, 2.45) is 0 Å². The molecular weight excluding hydrogens is 442 g/mol. The van der Waals surface area contributed by atoms with E-state index in [2.05, 4.69) is 10.6 Å². The molecule has 10 heteroatoms. The maximum atomic E-state index is 12.5. The van der Waals surface area contributed by atoms with Gasteiger partial charge in [-0.3, -0.25) is 19.7 Å². The molecule has 0 aliphatic carbocycles. The minimum absolute atomic E-state index is 0.0643. The Bertz CT molecular complexity index is 1210. The van der Waals surface area contributed by atoms with E-state index in [1.807, 2.05) is 6.07 Å². The average Bonchev–Trinajstić information content (AvgIpc) is 2.84. The average molecular weight is 465 g/mol. The number of nitro benzene ring substituents is 1. The number of ether oxygens (including phenoxy) is 3. The van der Waals surface area contributed by atoms with E-state index in [1.54, 1.807) is 31.2 Å². The number of carbonyl (C=O) groups is 2. The lowest BCUT2D eigenvalue weighted by Crippen LogP contribution is -2.21. The quantitative estimate of drug-likeness (QED) is 0.358. The molecule has 176 valence electrons. The molecule has 2 N–H and O–H groups in total. The molecule has 0 radical (unpaired) electrons. The van der Waals surface area contributed by atoms with Crippen molar-refractivity contribution >= 4 is 28.9 Å². The molecule has 0 saturated carbocycles. The van der Waals surface area contributed by atoms with E-state index in [0.717, 1.165) is 0 Å². The van der Waals surface area contributed by atoms with Crippen molar-refractivity contribution < 1.29 is 28.7 Å². The number of nitro groups is 1. The zero-order chi connectivity index (χ0) is 24.7. The summed E-state index contributed by atoms with van der Waals surface area (Å²) in [5, 5.41) is 16.3. The number of carbonyl (C=O) groups excluding carboxylic acids is 2. The predicted molar refractivity (Wildman–Crippen MR) is 126 cm³/mol. The number of hydrogen-bond acceptors (Lipinski definition) is 7. The fraction of sp³-hybridized carbons (Fsp3) is 0.167. The molecule has 0 spiro atoms. The normalized spacial score (nSPS) is 10.2. The first-order valence-corrected chi connectivity index (χ1v) is 10.1. The van der Waals surface area contributed by atoms with E-state index in [0.29, 0.717) is 39.8 Å². The Morgan fingerprint density at radius 2 is 1.50 bits per heavy atom. The molecule has 0 fully saturated rings. The van der Waals surface area contributed by atoms with Crippen molar-refractivity contribution in [1.82, 2.24) is 0 Å². The molecule has 3 aromatic carbocycles. The Kier molecular flexibility index (Phi) is 7.65. The van der Waals surface area contributed by atoms with Gasteiger partial charge in [0.25, 0.3) is 17.5 Å². The van der Waals surface area contributed by atoms with Gasteiger partial charge >= 0.3 is 0 Å². The number of hydrogen-bond donors (Lipinski definition) is 2. The molecule has 10 nitrogen and oxygen atoms in total. The number of benzene rings is 3. The van der Waals surface area contributed by atoms with Crippen molar-refractivity contribution in [3.05, 3.63) is 81.9 Å². The lowest BCUT2D eigenvalue weighted by molar-refractivity contribution is -0.384. The Morgan fingerprint density at radius 3 is 2.06 bits per heavy atom. The van der Waals surface area contributed by atoms with Crippen LogP contribution in [-0.2, 0) is 4.79 Å². The third-order valence-electron chi connectivity index (χ3n) is 4.81. The van der Waals surface area contributed by atoms with Gasteiger partial charge in [-0.15, -0.1) is 0 Å². The number of anilines is 2.